The zero-order valence-electron chi connectivity index (χ0n) is 12.5. The van der Waals surface area contributed by atoms with E-state index in [0.717, 1.165) is 6.26 Å². The fourth-order valence-electron chi connectivity index (χ4n) is 2.55. The number of nitrogens with two attached hydrogens (primary N) is 1. The van der Waals surface area contributed by atoms with Gasteiger partial charge in [0.1, 0.15) is 5.75 Å². The van der Waals surface area contributed by atoms with Crippen LogP contribution in [-0.4, -0.2) is 19.8 Å². The van der Waals surface area contributed by atoms with Crippen LogP contribution in [0.4, 0.5) is 17.1 Å². The Bertz CT molecular complexity index is 970. The lowest BCUT2D eigenvalue weighted by Gasteiger charge is -2.23. The summed E-state index contributed by atoms with van der Waals surface area (Å²) in [5, 5.41) is 11.5. The minimum atomic E-state index is -3.57. The molecule has 0 saturated heterocycles. The SMILES string of the molecule is CS(=O)(=O)N(c1ccccc1)c1cc(O)c2cc(N)ccc2c1. The van der Waals surface area contributed by atoms with Crippen LogP contribution in [0.1, 0.15) is 0 Å². The fraction of sp³-hybridized carbons (Fsp3) is 0.0588. The van der Waals surface area contributed by atoms with Gasteiger partial charge in [-0.15, -0.1) is 0 Å². The largest absolute Gasteiger partial charge is 0.507 e. The Balaban J connectivity index is 2.25. The molecule has 0 atom stereocenters. The summed E-state index contributed by atoms with van der Waals surface area (Å²) in [7, 11) is -3.57. The third kappa shape index (κ3) is 2.93. The molecular weight excluding hydrogens is 312 g/mol. The highest BCUT2D eigenvalue weighted by Crippen LogP contribution is 2.36. The van der Waals surface area contributed by atoms with Crippen molar-refractivity contribution >= 4 is 37.9 Å². The average Bonchev–Trinajstić information content (AvgIpc) is 2.48. The number of hydrogen-bond donors (Lipinski definition) is 2. The lowest BCUT2D eigenvalue weighted by molar-refractivity contribution is 0.482. The second-order valence-corrected chi connectivity index (χ2v) is 7.14. The van der Waals surface area contributed by atoms with Gasteiger partial charge in [-0.3, -0.25) is 0 Å². The summed E-state index contributed by atoms with van der Waals surface area (Å²) in [6.07, 6.45) is 1.13. The minimum Gasteiger partial charge on any atom is -0.507 e. The van der Waals surface area contributed by atoms with Gasteiger partial charge in [-0.1, -0.05) is 24.3 Å². The molecule has 5 nitrogen and oxygen atoms in total. The van der Waals surface area contributed by atoms with Gasteiger partial charge in [-0.05, 0) is 35.7 Å². The molecule has 6 heteroatoms. The molecule has 0 fully saturated rings. The maximum Gasteiger partial charge on any atom is 0.236 e. The van der Waals surface area contributed by atoms with Gasteiger partial charge >= 0.3 is 0 Å². The second-order valence-electron chi connectivity index (χ2n) is 5.31. The highest BCUT2D eigenvalue weighted by molar-refractivity contribution is 7.92. The first-order chi connectivity index (χ1) is 10.9. The van der Waals surface area contributed by atoms with E-state index in [1.807, 2.05) is 6.07 Å². The number of phenolic OH excluding ortho intramolecular Hbond substituents is 1. The Morgan fingerprint density at radius 3 is 2.30 bits per heavy atom. The van der Waals surface area contributed by atoms with Crippen LogP contribution in [0.3, 0.4) is 0 Å². The predicted octanol–water partition coefficient (Wildman–Crippen LogP) is 3.23. The van der Waals surface area contributed by atoms with Gasteiger partial charge in [0.2, 0.25) is 10.0 Å². The van der Waals surface area contributed by atoms with E-state index < -0.39 is 10.0 Å². The van der Waals surface area contributed by atoms with Crippen LogP contribution in [0.2, 0.25) is 0 Å². The molecule has 118 valence electrons. The third-order valence-corrected chi connectivity index (χ3v) is 4.58. The first-order valence-corrected chi connectivity index (χ1v) is 8.79. The molecule has 0 aliphatic heterocycles. The van der Waals surface area contributed by atoms with Crippen LogP contribution >= 0.6 is 0 Å². The second kappa shape index (κ2) is 5.48. The normalized spacial score (nSPS) is 11.5. The maximum atomic E-state index is 12.3. The van der Waals surface area contributed by atoms with Crippen LogP contribution in [0, 0.1) is 0 Å². The van der Waals surface area contributed by atoms with E-state index in [1.54, 1.807) is 48.5 Å². The van der Waals surface area contributed by atoms with Crippen LogP contribution in [-0.2, 0) is 10.0 Å². The summed E-state index contributed by atoms with van der Waals surface area (Å²) in [6.45, 7) is 0. The van der Waals surface area contributed by atoms with E-state index >= 15 is 0 Å². The third-order valence-electron chi connectivity index (χ3n) is 3.50. The number of sulfonamides is 1. The van der Waals surface area contributed by atoms with Gasteiger partial charge < -0.3 is 10.8 Å². The number of fused-ring (bicyclic) bond motifs is 1. The average molecular weight is 328 g/mol. The Hall–Kier alpha value is -2.73. The number of nitrogens with zero attached hydrogens (tertiary/aromatic N) is 1. The van der Waals surface area contributed by atoms with E-state index in [1.165, 1.54) is 10.4 Å². The first kappa shape index (κ1) is 15.2. The first-order valence-electron chi connectivity index (χ1n) is 6.94. The lowest BCUT2D eigenvalue weighted by Crippen LogP contribution is -2.24. The minimum absolute atomic E-state index is 0.0191. The Labute approximate surface area is 134 Å². The molecule has 3 aromatic carbocycles. The number of benzene rings is 3. The van der Waals surface area contributed by atoms with E-state index in [9.17, 15) is 13.5 Å². The summed E-state index contributed by atoms with van der Waals surface area (Å²) in [5.74, 6) is -0.0191. The number of aromatic hydroxyl groups is 1. The standard InChI is InChI=1S/C17H16N2O3S/c1-23(21,22)19(14-5-3-2-4-6-14)15-9-12-7-8-13(18)10-16(12)17(20)11-15/h2-11,20H,18H2,1H3. The molecule has 3 aromatic rings. The van der Waals surface area contributed by atoms with Gasteiger partial charge in [-0.2, -0.15) is 0 Å². The molecule has 0 radical (unpaired) electrons. The zero-order valence-corrected chi connectivity index (χ0v) is 13.3. The number of phenols is 1. The highest BCUT2D eigenvalue weighted by Gasteiger charge is 2.21. The molecular formula is C17H16N2O3S. The monoisotopic (exact) mass is 328 g/mol. The van der Waals surface area contributed by atoms with Gasteiger partial charge in [0.25, 0.3) is 0 Å². The molecule has 3 rings (SSSR count). The van der Waals surface area contributed by atoms with Crippen molar-refractivity contribution < 1.29 is 13.5 Å². The number of para-hydroxylation sites is 1. The van der Waals surface area contributed by atoms with Crippen molar-refractivity contribution in [2.45, 2.75) is 0 Å². The number of anilines is 3. The summed E-state index contributed by atoms with van der Waals surface area (Å²) >= 11 is 0. The molecule has 0 aromatic heterocycles. The predicted molar refractivity (Wildman–Crippen MR) is 93.5 cm³/mol. The quantitative estimate of drug-likeness (QED) is 0.723. The van der Waals surface area contributed by atoms with Crippen LogP contribution in [0.15, 0.2) is 60.7 Å². The summed E-state index contributed by atoms with van der Waals surface area (Å²) < 4.78 is 25.7. The van der Waals surface area contributed by atoms with Gasteiger partial charge in [0.05, 0.1) is 17.6 Å². The van der Waals surface area contributed by atoms with Crippen molar-refractivity contribution in [1.29, 1.82) is 0 Å². The Morgan fingerprint density at radius 2 is 1.65 bits per heavy atom. The summed E-state index contributed by atoms with van der Waals surface area (Å²) in [5.41, 5.74) is 7.14. The number of rotatable bonds is 3. The molecule has 0 unspecified atom stereocenters. The zero-order chi connectivity index (χ0) is 16.6. The molecule has 3 N–H and O–H groups in total. The van der Waals surface area contributed by atoms with Crippen molar-refractivity contribution in [2.75, 3.05) is 16.3 Å². The molecule has 0 aliphatic rings. The van der Waals surface area contributed by atoms with E-state index in [0.29, 0.717) is 27.8 Å². The van der Waals surface area contributed by atoms with E-state index in [-0.39, 0.29) is 5.75 Å². The Morgan fingerprint density at radius 1 is 0.957 bits per heavy atom. The number of nitrogen functional groups attached to an aromatic ring is 1. The van der Waals surface area contributed by atoms with Crippen molar-refractivity contribution in [2.24, 2.45) is 0 Å². The molecule has 0 aliphatic carbocycles. The summed E-state index contributed by atoms with van der Waals surface area (Å²) in [4.78, 5) is 0. The molecule has 0 amide bonds. The summed E-state index contributed by atoms with van der Waals surface area (Å²) in [6, 6.07) is 17.0. The molecule has 0 saturated carbocycles. The van der Waals surface area contributed by atoms with Crippen molar-refractivity contribution in [3.8, 4) is 5.75 Å². The molecule has 0 heterocycles. The van der Waals surface area contributed by atoms with Crippen molar-refractivity contribution in [3.05, 3.63) is 60.7 Å². The number of hydrogen-bond acceptors (Lipinski definition) is 4. The molecule has 23 heavy (non-hydrogen) atoms. The van der Waals surface area contributed by atoms with Crippen LogP contribution < -0.4 is 10.0 Å². The highest BCUT2D eigenvalue weighted by atomic mass is 32.2. The Kier molecular flexibility index (Phi) is 3.61. The van der Waals surface area contributed by atoms with Crippen LogP contribution in [0.25, 0.3) is 10.8 Å². The fourth-order valence-corrected chi connectivity index (χ4v) is 3.55. The van der Waals surface area contributed by atoms with E-state index in [4.69, 9.17) is 5.73 Å². The molecule has 0 bridgehead atoms. The van der Waals surface area contributed by atoms with Gasteiger partial charge in [0, 0.05) is 17.1 Å². The lowest BCUT2D eigenvalue weighted by atomic mass is 10.1. The van der Waals surface area contributed by atoms with Gasteiger partial charge in [0.15, 0.2) is 0 Å². The smallest absolute Gasteiger partial charge is 0.236 e. The maximum absolute atomic E-state index is 12.3. The van der Waals surface area contributed by atoms with Gasteiger partial charge in [-0.25, -0.2) is 12.7 Å². The van der Waals surface area contributed by atoms with E-state index in [2.05, 4.69) is 0 Å². The topological polar surface area (TPSA) is 83.6 Å². The molecule has 0 spiro atoms. The van der Waals surface area contributed by atoms with Crippen molar-refractivity contribution in [1.82, 2.24) is 0 Å². The van der Waals surface area contributed by atoms with Crippen LogP contribution in [0.5, 0.6) is 5.75 Å². The van der Waals surface area contributed by atoms with Crippen molar-refractivity contribution in [3.63, 3.8) is 0 Å².